The fourth-order valence-corrected chi connectivity index (χ4v) is 0.944. The molecular weight excluding hydrogens is 132 g/mol. The first-order valence-electron chi connectivity index (χ1n) is 3.19. The van der Waals surface area contributed by atoms with Crippen molar-refractivity contribution in [3.05, 3.63) is 11.8 Å². The molecule has 54 valence electrons. The van der Waals surface area contributed by atoms with Crippen LogP contribution in [0.4, 0.5) is 0 Å². The summed E-state index contributed by atoms with van der Waals surface area (Å²) >= 11 is 0. The van der Waals surface area contributed by atoms with E-state index in [1.54, 1.807) is 6.20 Å². The summed E-state index contributed by atoms with van der Waals surface area (Å²) in [6.45, 7) is 1.04. The van der Waals surface area contributed by atoms with Crippen LogP contribution >= 0.6 is 0 Å². The van der Waals surface area contributed by atoms with Crippen LogP contribution in [0.5, 0.6) is 5.88 Å². The molecule has 0 saturated heterocycles. The topological polar surface area (TPSA) is 47.1 Å². The minimum atomic E-state index is 0.329. The number of fused-ring (bicyclic) bond motifs is 1. The van der Waals surface area contributed by atoms with Crippen molar-refractivity contribution in [3.8, 4) is 5.88 Å². The molecule has 4 heteroatoms. The fraction of sp³-hybridized carbons (Fsp3) is 0.500. The second-order valence-corrected chi connectivity index (χ2v) is 2.14. The van der Waals surface area contributed by atoms with Crippen LogP contribution in [0.25, 0.3) is 0 Å². The lowest BCUT2D eigenvalue weighted by atomic mass is 10.3. The average molecular weight is 140 g/mol. The second kappa shape index (κ2) is 2.30. The third-order valence-corrected chi connectivity index (χ3v) is 1.48. The number of rotatable bonds is 0. The lowest BCUT2D eigenvalue weighted by molar-refractivity contribution is 0.0235. The van der Waals surface area contributed by atoms with E-state index in [4.69, 9.17) is 9.47 Å². The Balaban J connectivity index is 2.28. The number of nitrogens with one attached hydrogen (secondary N) is 1. The van der Waals surface area contributed by atoms with Crippen molar-refractivity contribution in [1.29, 1.82) is 0 Å². The first-order chi connectivity index (χ1) is 4.97. The predicted molar refractivity (Wildman–Crippen MR) is 33.7 cm³/mol. The van der Waals surface area contributed by atoms with Crippen molar-refractivity contribution < 1.29 is 9.47 Å². The van der Waals surface area contributed by atoms with Gasteiger partial charge < -0.3 is 9.47 Å². The number of hydrogen-bond acceptors (Lipinski definition) is 3. The van der Waals surface area contributed by atoms with E-state index < -0.39 is 0 Å². The van der Waals surface area contributed by atoms with Gasteiger partial charge in [-0.25, -0.2) is 5.10 Å². The Morgan fingerprint density at radius 1 is 1.60 bits per heavy atom. The molecule has 2 rings (SSSR count). The van der Waals surface area contributed by atoms with Crippen LogP contribution in [-0.2, 0) is 11.2 Å². The first kappa shape index (κ1) is 5.73. The van der Waals surface area contributed by atoms with Crippen LogP contribution in [0.3, 0.4) is 0 Å². The van der Waals surface area contributed by atoms with Gasteiger partial charge in [-0.05, 0) is 0 Å². The van der Waals surface area contributed by atoms with E-state index >= 15 is 0 Å². The van der Waals surface area contributed by atoms with E-state index in [9.17, 15) is 0 Å². The molecule has 0 amide bonds. The van der Waals surface area contributed by atoms with Gasteiger partial charge in [0.2, 0.25) is 5.88 Å². The van der Waals surface area contributed by atoms with Crippen molar-refractivity contribution in [2.45, 2.75) is 6.42 Å². The number of ether oxygens (including phenoxy) is 2. The van der Waals surface area contributed by atoms with Crippen LogP contribution in [-0.4, -0.2) is 23.6 Å². The third kappa shape index (κ3) is 0.863. The number of hydrogen-bond donors (Lipinski definition) is 1. The molecular formula is C6H8N2O2. The molecule has 0 spiro atoms. The van der Waals surface area contributed by atoms with Crippen LogP contribution in [0.1, 0.15) is 5.56 Å². The molecule has 1 aromatic rings. The van der Waals surface area contributed by atoms with E-state index in [2.05, 4.69) is 10.2 Å². The van der Waals surface area contributed by atoms with Crippen molar-refractivity contribution in [1.82, 2.24) is 10.2 Å². The number of aromatic nitrogens is 2. The normalized spacial score (nSPS) is 17.2. The minimum Gasteiger partial charge on any atom is -0.451 e. The molecule has 0 bridgehead atoms. The Morgan fingerprint density at radius 2 is 2.60 bits per heavy atom. The Labute approximate surface area is 58.1 Å². The SMILES string of the molecule is c1n[nH]c2c1CCOCO2. The highest BCUT2D eigenvalue weighted by molar-refractivity contribution is 5.22. The summed E-state index contributed by atoms with van der Waals surface area (Å²) in [6, 6.07) is 0. The summed E-state index contributed by atoms with van der Waals surface area (Å²) in [5.74, 6) is 0.748. The minimum absolute atomic E-state index is 0.329. The van der Waals surface area contributed by atoms with Gasteiger partial charge in [-0.1, -0.05) is 0 Å². The standard InChI is InChI=1S/C6H8N2O2/c1-2-9-4-10-6-5(1)3-7-8-6/h3H,1-2,4H2,(H,7,8). The Kier molecular flexibility index (Phi) is 1.32. The molecule has 0 unspecified atom stereocenters. The van der Waals surface area contributed by atoms with Crippen molar-refractivity contribution in [2.75, 3.05) is 13.4 Å². The first-order valence-corrected chi connectivity index (χ1v) is 3.19. The molecule has 0 saturated carbocycles. The molecule has 0 fully saturated rings. The largest absolute Gasteiger partial charge is 0.451 e. The molecule has 1 N–H and O–H groups in total. The van der Waals surface area contributed by atoms with E-state index in [-0.39, 0.29) is 0 Å². The summed E-state index contributed by atoms with van der Waals surface area (Å²) in [5.41, 5.74) is 1.09. The number of aromatic amines is 1. The molecule has 0 aliphatic carbocycles. The Morgan fingerprint density at radius 3 is 3.60 bits per heavy atom. The maximum Gasteiger partial charge on any atom is 0.214 e. The molecule has 2 heterocycles. The van der Waals surface area contributed by atoms with Gasteiger partial charge in [0.1, 0.15) is 0 Å². The van der Waals surface area contributed by atoms with Gasteiger partial charge in [-0.3, -0.25) is 0 Å². The zero-order chi connectivity index (χ0) is 6.81. The summed E-state index contributed by atoms with van der Waals surface area (Å²) in [7, 11) is 0. The van der Waals surface area contributed by atoms with Crippen LogP contribution in [0.2, 0.25) is 0 Å². The summed E-state index contributed by atoms with van der Waals surface area (Å²) in [4.78, 5) is 0. The maximum atomic E-state index is 5.15. The lowest BCUT2D eigenvalue weighted by Crippen LogP contribution is -2.00. The van der Waals surface area contributed by atoms with Gasteiger partial charge in [-0.2, -0.15) is 5.10 Å². The molecule has 10 heavy (non-hydrogen) atoms. The van der Waals surface area contributed by atoms with E-state index in [0.29, 0.717) is 13.4 Å². The smallest absolute Gasteiger partial charge is 0.214 e. The predicted octanol–water partition coefficient (Wildman–Crippen LogP) is 0.319. The molecule has 1 aromatic heterocycles. The fourth-order valence-electron chi connectivity index (χ4n) is 0.944. The van der Waals surface area contributed by atoms with Gasteiger partial charge in [0, 0.05) is 12.0 Å². The summed E-state index contributed by atoms with van der Waals surface area (Å²) in [5, 5.41) is 6.59. The highest BCUT2D eigenvalue weighted by Crippen LogP contribution is 2.16. The Hall–Kier alpha value is -1.03. The van der Waals surface area contributed by atoms with Gasteiger partial charge in [0.15, 0.2) is 6.79 Å². The quantitative estimate of drug-likeness (QED) is 0.564. The monoisotopic (exact) mass is 140 g/mol. The molecule has 0 aromatic carbocycles. The van der Waals surface area contributed by atoms with Crippen LogP contribution in [0, 0.1) is 0 Å². The molecule has 1 aliphatic heterocycles. The molecule has 0 atom stereocenters. The van der Waals surface area contributed by atoms with Gasteiger partial charge in [0.25, 0.3) is 0 Å². The molecule has 1 aliphatic rings. The zero-order valence-corrected chi connectivity index (χ0v) is 5.46. The van der Waals surface area contributed by atoms with E-state index in [1.807, 2.05) is 0 Å². The second-order valence-electron chi connectivity index (χ2n) is 2.14. The van der Waals surface area contributed by atoms with Crippen molar-refractivity contribution >= 4 is 0 Å². The average Bonchev–Trinajstić information content (AvgIpc) is 2.28. The van der Waals surface area contributed by atoms with Gasteiger partial charge in [0.05, 0.1) is 12.8 Å². The summed E-state index contributed by atoms with van der Waals surface area (Å²) in [6.07, 6.45) is 2.65. The zero-order valence-electron chi connectivity index (χ0n) is 5.46. The van der Waals surface area contributed by atoms with E-state index in [1.165, 1.54) is 0 Å². The highest BCUT2D eigenvalue weighted by atomic mass is 16.7. The molecule has 4 nitrogen and oxygen atoms in total. The van der Waals surface area contributed by atoms with Crippen molar-refractivity contribution in [2.24, 2.45) is 0 Å². The number of nitrogens with zero attached hydrogens (tertiary/aromatic N) is 1. The lowest BCUT2D eigenvalue weighted by Gasteiger charge is -1.97. The van der Waals surface area contributed by atoms with Gasteiger partial charge in [-0.15, -0.1) is 0 Å². The highest BCUT2D eigenvalue weighted by Gasteiger charge is 2.09. The number of H-pyrrole nitrogens is 1. The third-order valence-electron chi connectivity index (χ3n) is 1.48. The summed E-state index contributed by atoms with van der Waals surface area (Å²) < 4.78 is 10.2. The van der Waals surface area contributed by atoms with Crippen LogP contribution < -0.4 is 4.74 Å². The van der Waals surface area contributed by atoms with Gasteiger partial charge >= 0.3 is 0 Å². The van der Waals surface area contributed by atoms with Crippen LogP contribution in [0.15, 0.2) is 6.20 Å². The molecule has 0 radical (unpaired) electrons. The van der Waals surface area contributed by atoms with E-state index in [0.717, 1.165) is 17.9 Å². The maximum absolute atomic E-state index is 5.15. The Bertz CT molecular complexity index is 201. The van der Waals surface area contributed by atoms with Crippen molar-refractivity contribution in [3.63, 3.8) is 0 Å².